The lowest BCUT2D eigenvalue weighted by molar-refractivity contribution is 0.166. The van der Waals surface area contributed by atoms with Gasteiger partial charge in [-0.15, -0.1) is 0 Å². The number of hydrogen-bond donors (Lipinski definition) is 3. The Labute approximate surface area is 211 Å². The van der Waals surface area contributed by atoms with Crippen molar-refractivity contribution in [3.8, 4) is 0 Å². The summed E-state index contributed by atoms with van der Waals surface area (Å²) in [6.07, 6.45) is 0.937. The van der Waals surface area contributed by atoms with Crippen LogP contribution in [0.25, 0.3) is 10.9 Å². The second-order valence-corrected chi connectivity index (χ2v) is 10.4. The van der Waals surface area contributed by atoms with Gasteiger partial charge in [-0.1, -0.05) is 0 Å². The van der Waals surface area contributed by atoms with E-state index in [0.717, 1.165) is 0 Å². The van der Waals surface area contributed by atoms with Gasteiger partial charge in [0.25, 0.3) is 11.1 Å². The van der Waals surface area contributed by atoms with Crippen LogP contribution in [0.2, 0.25) is 0 Å². The molecular weight excluding hydrogens is 572 g/mol. The molecule has 0 bridgehead atoms. The maximum absolute atomic E-state index is 14.7. The van der Waals surface area contributed by atoms with E-state index in [1.165, 1.54) is 32.9 Å². The van der Waals surface area contributed by atoms with Crippen molar-refractivity contribution < 1.29 is 14.3 Å². The minimum atomic E-state index is -1.15. The molecule has 3 N–H and O–H groups in total. The highest BCUT2D eigenvalue weighted by molar-refractivity contribution is 14.1. The van der Waals surface area contributed by atoms with Crippen molar-refractivity contribution in [2.45, 2.75) is 50.7 Å². The van der Waals surface area contributed by atoms with Crippen LogP contribution in [-0.2, 0) is 7.05 Å². The molecule has 2 aromatic heterocycles. The third-order valence-corrected chi connectivity index (χ3v) is 7.45. The number of benzene rings is 1. The van der Waals surface area contributed by atoms with E-state index in [-0.39, 0.29) is 46.1 Å². The average molecular weight is 595 g/mol. The van der Waals surface area contributed by atoms with Gasteiger partial charge in [0.15, 0.2) is 0 Å². The van der Waals surface area contributed by atoms with E-state index in [0.29, 0.717) is 29.3 Å². The molecular formula is C23H23FIN5O5. The number of carboxylic acid groups (broad SMARTS) is 1. The van der Waals surface area contributed by atoms with Crippen LogP contribution in [0.1, 0.15) is 43.3 Å². The molecule has 12 heteroatoms. The standard InChI is InChI=1S/C23H23FIN5O5/c1-10-18-17(19(28(2)20(10)31)27-16-6-3-11(25)7-15(16)24)21(32)30(13-4-5-13)23(35)29(18)14-8-12(9-14)26-22(33)34/h3,6-7,12-14,26-27H,4-5,8-9H2,1-2H3,(H,33,34). The van der Waals surface area contributed by atoms with Crippen molar-refractivity contribution in [1.29, 1.82) is 0 Å². The van der Waals surface area contributed by atoms with E-state index in [2.05, 4.69) is 10.6 Å². The first kappa shape index (κ1) is 23.6. The summed E-state index contributed by atoms with van der Waals surface area (Å²) in [6.45, 7) is 1.56. The minimum Gasteiger partial charge on any atom is -0.465 e. The van der Waals surface area contributed by atoms with E-state index < -0.39 is 28.7 Å². The third kappa shape index (κ3) is 3.93. The Morgan fingerprint density at radius 1 is 1.11 bits per heavy atom. The lowest BCUT2D eigenvalue weighted by Crippen LogP contribution is -2.50. The van der Waals surface area contributed by atoms with E-state index >= 15 is 0 Å². The second-order valence-electron chi connectivity index (χ2n) is 9.14. The Bertz CT molecular complexity index is 1570. The highest BCUT2D eigenvalue weighted by Crippen LogP contribution is 2.37. The Morgan fingerprint density at radius 3 is 2.40 bits per heavy atom. The van der Waals surface area contributed by atoms with Crippen molar-refractivity contribution in [2.75, 3.05) is 5.32 Å². The Hall–Kier alpha value is -3.16. The lowest BCUT2D eigenvalue weighted by atomic mass is 9.86. The fourth-order valence-electron chi connectivity index (χ4n) is 4.79. The van der Waals surface area contributed by atoms with Gasteiger partial charge in [-0.2, -0.15) is 0 Å². The summed E-state index contributed by atoms with van der Waals surface area (Å²) in [5.74, 6) is -0.445. The highest BCUT2D eigenvalue weighted by Gasteiger charge is 2.37. The number of hydrogen-bond acceptors (Lipinski definition) is 5. The van der Waals surface area contributed by atoms with E-state index in [1.807, 2.05) is 22.6 Å². The van der Waals surface area contributed by atoms with Gasteiger partial charge in [-0.05, 0) is 73.4 Å². The number of halogens is 2. The molecule has 2 aliphatic rings. The zero-order valence-electron chi connectivity index (χ0n) is 19.0. The second kappa shape index (κ2) is 8.50. The molecule has 0 spiro atoms. The molecule has 1 aromatic carbocycles. The van der Waals surface area contributed by atoms with E-state index in [9.17, 15) is 23.6 Å². The molecule has 10 nitrogen and oxygen atoms in total. The normalized spacial score (nSPS) is 19.4. The maximum atomic E-state index is 14.7. The number of pyridine rings is 1. The molecule has 0 unspecified atom stereocenters. The van der Waals surface area contributed by atoms with E-state index in [4.69, 9.17) is 5.11 Å². The molecule has 2 fully saturated rings. The van der Waals surface area contributed by atoms with Crippen molar-refractivity contribution in [3.05, 3.63) is 64.3 Å². The zero-order chi connectivity index (χ0) is 25.2. The summed E-state index contributed by atoms with van der Waals surface area (Å²) in [4.78, 5) is 51.5. The topological polar surface area (TPSA) is 127 Å². The predicted octanol–water partition coefficient (Wildman–Crippen LogP) is 2.96. The van der Waals surface area contributed by atoms with Crippen LogP contribution >= 0.6 is 22.6 Å². The number of aromatic nitrogens is 3. The van der Waals surface area contributed by atoms with Crippen molar-refractivity contribution in [2.24, 2.45) is 7.05 Å². The maximum Gasteiger partial charge on any atom is 0.404 e. The number of amides is 1. The van der Waals surface area contributed by atoms with Gasteiger partial charge in [-0.3, -0.25) is 23.3 Å². The largest absolute Gasteiger partial charge is 0.465 e. The Morgan fingerprint density at radius 2 is 1.80 bits per heavy atom. The molecule has 184 valence electrons. The zero-order valence-corrected chi connectivity index (χ0v) is 21.1. The highest BCUT2D eigenvalue weighted by atomic mass is 127. The number of aryl methyl sites for hydroxylation is 1. The van der Waals surface area contributed by atoms with Crippen molar-refractivity contribution >= 4 is 51.1 Å². The van der Waals surface area contributed by atoms with Gasteiger partial charge in [0.05, 0.1) is 11.2 Å². The number of carbonyl (C=O) groups is 1. The van der Waals surface area contributed by atoms with Gasteiger partial charge in [0.1, 0.15) is 17.0 Å². The quantitative estimate of drug-likeness (QED) is 0.390. The molecule has 0 radical (unpaired) electrons. The van der Waals surface area contributed by atoms with Crippen LogP contribution < -0.4 is 27.4 Å². The monoisotopic (exact) mass is 595 g/mol. The molecule has 1 amide bonds. The fourth-order valence-corrected chi connectivity index (χ4v) is 5.25. The molecule has 3 aromatic rings. The fraction of sp³-hybridized carbons (Fsp3) is 0.391. The third-order valence-electron chi connectivity index (χ3n) is 6.78. The molecule has 35 heavy (non-hydrogen) atoms. The van der Waals surface area contributed by atoms with Crippen LogP contribution in [0.3, 0.4) is 0 Å². The molecule has 2 saturated carbocycles. The Kier molecular flexibility index (Phi) is 5.73. The number of nitrogens with one attached hydrogen (secondary N) is 2. The molecule has 2 heterocycles. The van der Waals surface area contributed by atoms with Crippen LogP contribution in [-0.4, -0.2) is 30.9 Å². The summed E-state index contributed by atoms with van der Waals surface area (Å²) in [5, 5.41) is 14.5. The van der Waals surface area contributed by atoms with Gasteiger partial charge < -0.3 is 15.7 Å². The number of fused-ring (bicyclic) bond motifs is 1. The van der Waals surface area contributed by atoms with Crippen molar-refractivity contribution in [3.63, 3.8) is 0 Å². The summed E-state index contributed by atoms with van der Waals surface area (Å²) >= 11 is 1.99. The van der Waals surface area contributed by atoms with E-state index in [1.54, 1.807) is 13.0 Å². The van der Waals surface area contributed by atoms with Crippen LogP contribution in [0, 0.1) is 16.3 Å². The first-order valence-corrected chi connectivity index (χ1v) is 12.3. The lowest BCUT2D eigenvalue weighted by Gasteiger charge is -2.37. The van der Waals surface area contributed by atoms with Gasteiger partial charge in [0, 0.05) is 34.3 Å². The predicted molar refractivity (Wildman–Crippen MR) is 136 cm³/mol. The van der Waals surface area contributed by atoms with Gasteiger partial charge in [0.2, 0.25) is 0 Å². The van der Waals surface area contributed by atoms with Gasteiger partial charge in [-0.25, -0.2) is 14.0 Å². The smallest absolute Gasteiger partial charge is 0.404 e. The summed E-state index contributed by atoms with van der Waals surface area (Å²) in [7, 11) is 1.49. The van der Waals surface area contributed by atoms with Crippen LogP contribution in [0.15, 0.2) is 32.6 Å². The molecule has 0 aliphatic heterocycles. The summed E-state index contributed by atoms with van der Waals surface area (Å²) in [6, 6.07) is 3.60. The SMILES string of the molecule is Cc1c(=O)n(C)c(Nc2ccc(I)cc2F)c2c(=O)n(C3CC3)c(=O)n(C3CC(NC(=O)O)C3)c12. The average Bonchev–Trinajstić information content (AvgIpc) is 3.59. The molecule has 5 rings (SSSR count). The van der Waals surface area contributed by atoms with Crippen LogP contribution in [0.5, 0.6) is 0 Å². The summed E-state index contributed by atoms with van der Waals surface area (Å²) < 4.78 is 19.3. The Balaban J connectivity index is 1.78. The first-order valence-electron chi connectivity index (χ1n) is 11.2. The van der Waals surface area contributed by atoms with Crippen molar-refractivity contribution in [1.82, 2.24) is 19.0 Å². The van der Waals surface area contributed by atoms with Crippen LogP contribution in [0.4, 0.5) is 20.7 Å². The molecule has 0 atom stereocenters. The number of rotatable bonds is 5. The number of nitrogens with zero attached hydrogens (tertiary/aromatic N) is 3. The van der Waals surface area contributed by atoms with Gasteiger partial charge >= 0.3 is 11.8 Å². The summed E-state index contributed by atoms with van der Waals surface area (Å²) in [5.41, 5.74) is -0.950. The number of anilines is 2. The minimum absolute atomic E-state index is 0.0926. The molecule has 2 aliphatic carbocycles. The first-order chi connectivity index (χ1) is 16.6. The molecule has 0 saturated heterocycles.